The van der Waals surface area contributed by atoms with Crippen molar-refractivity contribution in [1.82, 2.24) is 0 Å². The van der Waals surface area contributed by atoms with Crippen LogP contribution in [0.3, 0.4) is 0 Å². The van der Waals surface area contributed by atoms with E-state index in [1.54, 1.807) is 7.11 Å². The van der Waals surface area contributed by atoms with Gasteiger partial charge in [-0.1, -0.05) is 23.7 Å². The number of piperazine rings is 1. The smallest absolute Gasteiger partial charge is 0.137 e. The molecule has 1 fully saturated rings. The van der Waals surface area contributed by atoms with Gasteiger partial charge in [0.1, 0.15) is 30.8 Å². The lowest BCUT2D eigenvalue weighted by Gasteiger charge is -2.34. The summed E-state index contributed by atoms with van der Waals surface area (Å²) in [6, 6.07) is 13.7. The Morgan fingerprint density at radius 1 is 1.24 bits per heavy atom. The normalized spacial score (nSPS) is 15.8. The number of hydrogen-bond donors (Lipinski definition) is 2. The van der Waals surface area contributed by atoms with E-state index in [-0.39, 0.29) is 6.61 Å². The molecule has 0 unspecified atom stereocenters. The highest BCUT2D eigenvalue weighted by Gasteiger charge is 2.23. The van der Waals surface area contributed by atoms with Crippen LogP contribution in [0.5, 0.6) is 11.5 Å². The largest absolute Gasteiger partial charge is 0.497 e. The number of nitrogens with zero attached hydrogens (tertiary/aromatic N) is 1. The summed E-state index contributed by atoms with van der Waals surface area (Å²) in [5, 5.41) is 11.2. The van der Waals surface area contributed by atoms with Crippen molar-refractivity contribution in [2.24, 2.45) is 0 Å². The number of benzene rings is 2. The van der Waals surface area contributed by atoms with Gasteiger partial charge in [-0.3, -0.25) is 0 Å². The Morgan fingerprint density at radius 3 is 2.72 bits per heavy atom. The van der Waals surface area contributed by atoms with Gasteiger partial charge in [0.15, 0.2) is 0 Å². The van der Waals surface area contributed by atoms with E-state index in [1.165, 1.54) is 4.90 Å². The number of aliphatic hydroxyl groups is 1. The van der Waals surface area contributed by atoms with E-state index >= 15 is 0 Å². The summed E-state index contributed by atoms with van der Waals surface area (Å²) in [5.41, 5.74) is 2.17. The highest BCUT2D eigenvalue weighted by Crippen LogP contribution is 2.25. The van der Waals surface area contributed by atoms with Gasteiger partial charge >= 0.3 is 0 Å². The average molecular weight is 418 g/mol. The third-order valence-corrected chi connectivity index (χ3v) is 5.47. The van der Waals surface area contributed by atoms with Crippen molar-refractivity contribution < 1.29 is 19.5 Å². The monoisotopic (exact) mass is 417 g/mol. The van der Waals surface area contributed by atoms with Crippen molar-refractivity contribution in [3.05, 3.63) is 65.7 Å². The van der Waals surface area contributed by atoms with Crippen LogP contribution in [-0.4, -0.2) is 57.7 Å². The first-order valence-corrected chi connectivity index (χ1v) is 10.4. The van der Waals surface area contributed by atoms with Gasteiger partial charge in [0.2, 0.25) is 0 Å². The van der Waals surface area contributed by atoms with Crippen LogP contribution >= 0.6 is 11.6 Å². The van der Waals surface area contributed by atoms with Gasteiger partial charge in [-0.15, -0.1) is 6.58 Å². The molecule has 0 radical (unpaired) electrons. The Hall–Kier alpha value is -2.21. The number of anilines is 1. The minimum absolute atomic E-state index is 0.276. The van der Waals surface area contributed by atoms with Gasteiger partial charge in [0.25, 0.3) is 0 Å². The summed E-state index contributed by atoms with van der Waals surface area (Å²) >= 11 is 6.10. The molecule has 0 bridgehead atoms. The Bertz CT molecular complexity index is 806. The molecular weight excluding hydrogens is 388 g/mol. The molecule has 3 rings (SSSR count). The summed E-state index contributed by atoms with van der Waals surface area (Å²) in [6.45, 7) is 8.61. The first-order valence-electron chi connectivity index (χ1n) is 10.0. The van der Waals surface area contributed by atoms with Crippen molar-refractivity contribution in [2.45, 2.75) is 12.5 Å². The maximum atomic E-state index is 10.5. The van der Waals surface area contributed by atoms with Gasteiger partial charge in [-0.05, 0) is 42.8 Å². The average Bonchev–Trinajstić information content (AvgIpc) is 2.73. The number of methoxy groups -OCH3 is 1. The van der Waals surface area contributed by atoms with E-state index in [0.717, 1.165) is 54.0 Å². The number of ether oxygens (including phenoxy) is 2. The molecule has 156 valence electrons. The topological polar surface area (TPSA) is 46.4 Å². The lowest BCUT2D eigenvalue weighted by molar-refractivity contribution is -0.903. The molecule has 2 aromatic rings. The maximum absolute atomic E-state index is 10.5. The molecule has 1 heterocycles. The third-order valence-electron chi connectivity index (χ3n) is 5.23. The van der Waals surface area contributed by atoms with Crippen LogP contribution in [0.25, 0.3) is 0 Å². The minimum atomic E-state index is -0.513. The second kappa shape index (κ2) is 10.5. The van der Waals surface area contributed by atoms with Crippen LogP contribution < -0.4 is 19.3 Å². The highest BCUT2D eigenvalue weighted by atomic mass is 35.5. The van der Waals surface area contributed by atoms with Gasteiger partial charge < -0.3 is 24.4 Å². The highest BCUT2D eigenvalue weighted by molar-refractivity contribution is 6.30. The molecular formula is C23H30ClN2O3+. The molecule has 0 amide bonds. The lowest BCUT2D eigenvalue weighted by atomic mass is 10.1. The molecule has 5 nitrogen and oxygen atoms in total. The van der Waals surface area contributed by atoms with Crippen molar-refractivity contribution in [1.29, 1.82) is 0 Å². The van der Waals surface area contributed by atoms with Gasteiger partial charge in [-0.2, -0.15) is 0 Å². The van der Waals surface area contributed by atoms with Gasteiger partial charge in [0, 0.05) is 16.3 Å². The second-order valence-electron chi connectivity index (χ2n) is 7.35. The number of nitrogens with one attached hydrogen (secondary N) is 1. The molecule has 2 N–H and O–H groups in total. The van der Waals surface area contributed by atoms with Gasteiger partial charge in [0.05, 0.1) is 33.3 Å². The summed E-state index contributed by atoms with van der Waals surface area (Å²) in [7, 11) is 1.65. The fraction of sp³-hybridized carbons (Fsp3) is 0.391. The minimum Gasteiger partial charge on any atom is -0.497 e. The Balaban J connectivity index is 1.47. The van der Waals surface area contributed by atoms with E-state index in [2.05, 4.69) is 17.5 Å². The van der Waals surface area contributed by atoms with E-state index in [1.807, 2.05) is 42.5 Å². The van der Waals surface area contributed by atoms with Crippen molar-refractivity contribution in [3.63, 3.8) is 0 Å². The fourth-order valence-corrected chi connectivity index (χ4v) is 3.86. The molecule has 1 atom stereocenters. The van der Waals surface area contributed by atoms with Crippen LogP contribution in [0.4, 0.5) is 5.69 Å². The quantitative estimate of drug-likeness (QED) is 0.614. The number of quaternary nitrogens is 1. The van der Waals surface area contributed by atoms with E-state index in [4.69, 9.17) is 21.1 Å². The lowest BCUT2D eigenvalue weighted by Crippen LogP contribution is -3.16. The zero-order valence-corrected chi connectivity index (χ0v) is 17.7. The number of aliphatic hydroxyl groups excluding tert-OH is 1. The second-order valence-corrected chi connectivity index (χ2v) is 7.79. The van der Waals surface area contributed by atoms with Crippen LogP contribution in [0, 0.1) is 0 Å². The molecule has 6 heteroatoms. The Morgan fingerprint density at radius 2 is 2.03 bits per heavy atom. The van der Waals surface area contributed by atoms with Crippen molar-refractivity contribution in [2.75, 3.05) is 51.3 Å². The predicted octanol–water partition coefficient (Wildman–Crippen LogP) is 2.22. The molecule has 1 saturated heterocycles. The molecule has 0 aliphatic carbocycles. The van der Waals surface area contributed by atoms with Crippen LogP contribution in [-0.2, 0) is 6.42 Å². The molecule has 0 saturated carbocycles. The Labute approximate surface area is 178 Å². The molecule has 2 aromatic carbocycles. The zero-order valence-electron chi connectivity index (χ0n) is 16.9. The molecule has 0 aromatic heterocycles. The van der Waals surface area contributed by atoms with Crippen LogP contribution in [0.1, 0.15) is 5.56 Å². The van der Waals surface area contributed by atoms with E-state index < -0.39 is 6.10 Å². The van der Waals surface area contributed by atoms with E-state index in [9.17, 15) is 5.11 Å². The first-order chi connectivity index (χ1) is 14.1. The number of hydrogen-bond acceptors (Lipinski definition) is 4. The van der Waals surface area contributed by atoms with Crippen molar-refractivity contribution in [3.8, 4) is 11.5 Å². The van der Waals surface area contributed by atoms with Gasteiger partial charge in [-0.25, -0.2) is 0 Å². The maximum Gasteiger partial charge on any atom is 0.137 e. The van der Waals surface area contributed by atoms with Crippen LogP contribution in [0.15, 0.2) is 55.1 Å². The molecule has 1 aliphatic heterocycles. The molecule has 0 spiro atoms. The number of halogens is 1. The zero-order chi connectivity index (χ0) is 20.6. The molecule has 29 heavy (non-hydrogen) atoms. The fourth-order valence-electron chi connectivity index (χ4n) is 3.67. The summed E-state index contributed by atoms with van der Waals surface area (Å²) < 4.78 is 11.2. The number of allylic oxidation sites excluding steroid dienone is 1. The number of rotatable bonds is 9. The summed E-state index contributed by atoms with van der Waals surface area (Å²) in [5.74, 6) is 1.56. The predicted molar refractivity (Wildman–Crippen MR) is 118 cm³/mol. The third kappa shape index (κ3) is 6.13. The van der Waals surface area contributed by atoms with E-state index in [0.29, 0.717) is 13.0 Å². The standard InChI is InChI=1S/C23H29ClN2O3/c1-3-5-18-14-22(28-2)8-9-23(18)29-17-21(27)16-25-10-12-26(13-11-25)20-7-4-6-19(24)15-20/h3-4,6-9,14-15,21,27H,1,5,10-13,16-17H2,2H3/p+1/t21-/m0/s1. The first kappa shape index (κ1) is 21.5. The Kier molecular flexibility index (Phi) is 7.81. The van der Waals surface area contributed by atoms with Crippen LogP contribution in [0.2, 0.25) is 5.02 Å². The molecule has 1 aliphatic rings. The summed E-state index contributed by atoms with van der Waals surface area (Å²) in [6.07, 6.45) is 2.02. The SMILES string of the molecule is C=CCc1cc(OC)ccc1OC[C@@H](O)C[NH+]1CCN(c2cccc(Cl)c2)CC1. The summed E-state index contributed by atoms with van der Waals surface area (Å²) in [4.78, 5) is 3.73. The van der Waals surface area contributed by atoms with Crippen molar-refractivity contribution >= 4 is 17.3 Å².